The Bertz CT molecular complexity index is 607. The Morgan fingerprint density at radius 1 is 1.07 bits per heavy atom. The number of carbonyl (C=O) groups is 1. The Balaban J connectivity index is 1.52. The highest BCUT2D eigenvalue weighted by molar-refractivity contribution is 5.91. The third-order valence-corrected chi connectivity index (χ3v) is 9.79. The molecule has 1 N–H and O–H groups in total. The summed E-state index contributed by atoms with van der Waals surface area (Å²) in [4.78, 5) is 12.0. The van der Waals surface area contributed by atoms with Gasteiger partial charge in [-0.3, -0.25) is 4.79 Å². The van der Waals surface area contributed by atoms with Crippen molar-refractivity contribution in [2.24, 2.45) is 40.4 Å². The Hall–Kier alpha value is -0.630. The molecule has 3 saturated carbocycles. The summed E-state index contributed by atoms with van der Waals surface area (Å²) >= 11 is 0. The predicted molar refractivity (Wildman–Crippen MR) is 110 cm³/mol. The van der Waals surface area contributed by atoms with E-state index in [0.717, 1.165) is 48.9 Å². The van der Waals surface area contributed by atoms with Crippen LogP contribution in [0.2, 0.25) is 0 Å². The normalized spacial score (nSPS) is 44.9. The lowest BCUT2D eigenvalue weighted by molar-refractivity contribution is -0.117. The first-order valence-electron chi connectivity index (χ1n) is 11.7. The molecule has 2 heteroatoms. The molecule has 7 atom stereocenters. The molecule has 4 aliphatic rings. The maximum Gasteiger partial charge on any atom is 0.155 e. The lowest BCUT2D eigenvalue weighted by atomic mass is 9.46. The van der Waals surface area contributed by atoms with Gasteiger partial charge in [0.2, 0.25) is 0 Å². The Labute approximate surface area is 166 Å². The van der Waals surface area contributed by atoms with Crippen molar-refractivity contribution in [2.75, 3.05) is 6.61 Å². The maximum atomic E-state index is 12.0. The van der Waals surface area contributed by atoms with Gasteiger partial charge in [-0.05, 0) is 97.9 Å². The minimum atomic E-state index is 0.309. The van der Waals surface area contributed by atoms with Gasteiger partial charge in [0.15, 0.2) is 5.78 Å². The molecule has 4 rings (SSSR count). The molecule has 3 fully saturated rings. The van der Waals surface area contributed by atoms with E-state index in [0.29, 0.717) is 23.2 Å². The third kappa shape index (κ3) is 3.15. The number of unbranched alkanes of at least 4 members (excludes halogenated alkanes) is 1. The van der Waals surface area contributed by atoms with Gasteiger partial charge >= 0.3 is 0 Å². The highest BCUT2D eigenvalue weighted by Gasteiger charge is 2.59. The summed E-state index contributed by atoms with van der Waals surface area (Å²) in [7, 11) is 0. The van der Waals surface area contributed by atoms with Gasteiger partial charge in [0.25, 0.3) is 0 Å². The van der Waals surface area contributed by atoms with Gasteiger partial charge in [-0.2, -0.15) is 0 Å². The van der Waals surface area contributed by atoms with Crippen molar-refractivity contribution < 1.29 is 9.90 Å². The summed E-state index contributed by atoms with van der Waals surface area (Å²) < 4.78 is 0. The SMILES string of the molecule is C[C@H](CCCCO)[C@H]1CC[C@H]2[C@@H]3CCC4=CC(=O)CC[C@]4(C)[C@H]3CC[C@]12C. The van der Waals surface area contributed by atoms with Crippen molar-refractivity contribution >= 4 is 5.78 Å². The minimum Gasteiger partial charge on any atom is -0.396 e. The molecule has 27 heavy (non-hydrogen) atoms. The third-order valence-electron chi connectivity index (χ3n) is 9.79. The second-order valence-electron chi connectivity index (χ2n) is 10.9. The van der Waals surface area contributed by atoms with E-state index in [1.54, 1.807) is 0 Å². The van der Waals surface area contributed by atoms with E-state index in [4.69, 9.17) is 5.11 Å². The van der Waals surface area contributed by atoms with E-state index >= 15 is 0 Å². The zero-order valence-electron chi connectivity index (χ0n) is 17.8. The van der Waals surface area contributed by atoms with Crippen molar-refractivity contribution in [1.82, 2.24) is 0 Å². The van der Waals surface area contributed by atoms with Crippen molar-refractivity contribution in [3.63, 3.8) is 0 Å². The number of allylic oxidation sites excluding steroid dienone is 1. The molecule has 4 aliphatic carbocycles. The summed E-state index contributed by atoms with van der Waals surface area (Å²) in [5.41, 5.74) is 2.33. The largest absolute Gasteiger partial charge is 0.396 e. The molecular formula is C25H40O2. The summed E-state index contributed by atoms with van der Waals surface area (Å²) in [5, 5.41) is 9.12. The van der Waals surface area contributed by atoms with E-state index in [2.05, 4.69) is 20.8 Å². The number of aliphatic hydroxyl groups is 1. The molecule has 0 aliphatic heterocycles. The zero-order chi connectivity index (χ0) is 19.2. The molecular weight excluding hydrogens is 332 g/mol. The monoisotopic (exact) mass is 372 g/mol. The number of ketones is 1. The first-order valence-corrected chi connectivity index (χ1v) is 11.7. The molecule has 0 bridgehead atoms. The number of carbonyl (C=O) groups excluding carboxylic acids is 1. The summed E-state index contributed by atoms with van der Waals surface area (Å²) in [6.07, 6.45) is 15.5. The fourth-order valence-corrected chi connectivity index (χ4v) is 8.31. The van der Waals surface area contributed by atoms with Gasteiger partial charge in [-0.25, -0.2) is 0 Å². The van der Waals surface area contributed by atoms with Crippen LogP contribution in [0.1, 0.15) is 91.4 Å². The number of fused-ring (bicyclic) bond motifs is 5. The standard InChI is InChI=1S/C25H40O2/c1-17(6-4-5-15-26)21-9-10-22-20-8-7-18-16-19(27)11-13-24(18,2)23(20)12-14-25(21,22)3/h16-17,20-23,26H,4-15H2,1-3H3/t17-,20+,21-,22+,23+,24+,25-/m1/s1. The average Bonchev–Trinajstić information content (AvgIpc) is 3.00. The van der Waals surface area contributed by atoms with Crippen LogP contribution in [0.15, 0.2) is 11.6 Å². The van der Waals surface area contributed by atoms with Crippen LogP contribution in [0.3, 0.4) is 0 Å². The lowest BCUT2D eigenvalue weighted by Gasteiger charge is -2.58. The molecule has 0 aromatic carbocycles. The van der Waals surface area contributed by atoms with Gasteiger partial charge < -0.3 is 5.11 Å². The van der Waals surface area contributed by atoms with Crippen LogP contribution in [0.4, 0.5) is 0 Å². The second kappa shape index (κ2) is 7.32. The van der Waals surface area contributed by atoms with Gasteiger partial charge in [-0.1, -0.05) is 39.2 Å². The van der Waals surface area contributed by atoms with Crippen LogP contribution in [0.5, 0.6) is 0 Å². The number of hydrogen-bond donors (Lipinski definition) is 1. The highest BCUT2D eigenvalue weighted by Crippen LogP contribution is 2.67. The van der Waals surface area contributed by atoms with Crippen LogP contribution >= 0.6 is 0 Å². The van der Waals surface area contributed by atoms with Crippen LogP contribution < -0.4 is 0 Å². The first kappa shape index (κ1) is 19.7. The van der Waals surface area contributed by atoms with Gasteiger partial charge in [0.05, 0.1) is 0 Å². The molecule has 0 amide bonds. The molecule has 0 heterocycles. The van der Waals surface area contributed by atoms with Crippen LogP contribution in [0, 0.1) is 40.4 Å². The molecule has 0 aromatic heterocycles. The van der Waals surface area contributed by atoms with E-state index in [1.807, 2.05) is 6.08 Å². The fourth-order valence-electron chi connectivity index (χ4n) is 8.31. The van der Waals surface area contributed by atoms with Crippen molar-refractivity contribution in [2.45, 2.75) is 91.4 Å². The zero-order valence-corrected chi connectivity index (χ0v) is 17.8. The smallest absolute Gasteiger partial charge is 0.155 e. The van der Waals surface area contributed by atoms with Crippen molar-refractivity contribution in [1.29, 1.82) is 0 Å². The van der Waals surface area contributed by atoms with Crippen LogP contribution in [-0.4, -0.2) is 17.5 Å². The summed E-state index contributed by atoms with van der Waals surface area (Å²) in [6, 6.07) is 0. The van der Waals surface area contributed by atoms with Crippen molar-refractivity contribution in [3.8, 4) is 0 Å². The van der Waals surface area contributed by atoms with E-state index in [-0.39, 0.29) is 0 Å². The Morgan fingerprint density at radius 2 is 1.89 bits per heavy atom. The predicted octanol–water partition coefficient (Wildman–Crippen LogP) is 5.93. The lowest BCUT2D eigenvalue weighted by Crippen LogP contribution is -2.50. The number of rotatable bonds is 5. The van der Waals surface area contributed by atoms with Gasteiger partial charge in [0.1, 0.15) is 0 Å². The molecule has 0 aromatic rings. The molecule has 0 radical (unpaired) electrons. The average molecular weight is 373 g/mol. The minimum absolute atomic E-state index is 0.309. The second-order valence-corrected chi connectivity index (χ2v) is 10.9. The van der Waals surface area contributed by atoms with Gasteiger partial charge in [0, 0.05) is 13.0 Å². The first-order chi connectivity index (χ1) is 12.9. The van der Waals surface area contributed by atoms with E-state index in [1.165, 1.54) is 56.9 Å². The van der Waals surface area contributed by atoms with E-state index in [9.17, 15) is 4.79 Å². The summed E-state index contributed by atoms with van der Waals surface area (Å²) in [5.74, 6) is 4.64. The van der Waals surface area contributed by atoms with E-state index < -0.39 is 0 Å². The Morgan fingerprint density at radius 3 is 2.67 bits per heavy atom. The molecule has 0 saturated heterocycles. The van der Waals surface area contributed by atoms with Gasteiger partial charge in [-0.15, -0.1) is 0 Å². The molecule has 152 valence electrons. The number of aliphatic hydroxyl groups excluding tert-OH is 1. The molecule has 0 spiro atoms. The fraction of sp³-hybridized carbons (Fsp3) is 0.880. The maximum absolute atomic E-state index is 12.0. The quantitative estimate of drug-likeness (QED) is 0.607. The van der Waals surface area contributed by atoms with Crippen molar-refractivity contribution in [3.05, 3.63) is 11.6 Å². The summed E-state index contributed by atoms with van der Waals surface area (Å²) in [6.45, 7) is 7.95. The molecule has 0 unspecified atom stereocenters. The van der Waals surface area contributed by atoms with Crippen LogP contribution in [0.25, 0.3) is 0 Å². The highest BCUT2D eigenvalue weighted by atomic mass is 16.2. The van der Waals surface area contributed by atoms with Crippen LogP contribution in [-0.2, 0) is 4.79 Å². The Kier molecular flexibility index (Phi) is 5.33. The number of hydrogen-bond acceptors (Lipinski definition) is 2. The molecule has 2 nitrogen and oxygen atoms in total. The topological polar surface area (TPSA) is 37.3 Å².